The maximum atomic E-state index is 12.8. The number of rotatable bonds is 1. The average molecular weight is 287 g/mol. The van der Waals surface area contributed by atoms with Crippen molar-refractivity contribution in [2.75, 3.05) is 0 Å². The fourth-order valence-electron chi connectivity index (χ4n) is 0.868. The van der Waals surface area contributed by atoms with Gasteiger partial charge in [0.1, 0.15) is 3.70 Å². The Hall–Kier alpha value is -0.330. The maximum absolute atomic E-state index is 12.8. The van der Waals surface area contributed by atoms with Gasteiger partial charge in [0.25, 0.3) is 6.43 Å². The number of halogens is 4. The van der Waals surface area contributed by atoms with Crippen molar-refractivity contribution in [1.29, 1.82) is 0 Å². The molecule has 0 spiro atoms. The van der Waals surface area contributed by atoms with Crippen LogP contribution >= 0.6 is 22.6 Å². The first-order valence-corrected chi connectivity index (χ1v) is 4.21. The lowest BCUT2D eigenvalue weighted by molar-refractivity contribution is 0.144. The maximum Gasteiger partial charge on any atom is 0.268 e. The minimum Gasteiger partial charge on any atom is -0.213 e. The number of aromatic nitrogens is 1. The molecule has 0 aliphatic rings. The van der Waals surface area contributed by atoms with Crippen LogP contribution in [-0.2, 0) is 0 Å². The highest BCUT2D eigenvalue weighted by Gasteiger charge is 2.17. The van der Waals surface area contributed by atoms with Gasteiger partial charge in [0.15, 0.2) is 0 Å². The van der Waals surface area contributed by atoms with Gasteiger partial charge in [-0.05, 0) is 41.1 Å². The molecule has 0 aliphatic carbocycles. The predicted octanol–water partition coefficient (Wildman–Crippen LogP) is 3.07. The summed E-state index contributed by atoms with van der Waals surface area (Å²) in [5.41, 5.74) is -0.364. The molecule has 0 aliphatic heterocycles. The number of alkyl halides is 2. The fourth-order valence-corrected chi connectivity index (χ4v) is 1.55. The lowest BCUT2D eigenvalue weighted by atomic mass is 10.2. The highest BCUT2D eigenvalue weighted by atomic mass is 127. The molecule has 0 amide bonds. The van der Waals surface area contributed by atoms with E-state index in [1.807, 2.05) is 0 Å². The highest BCUT2D eigenvalue weighted by Crippen LogP contribution is 2.25. The molecule has 1 aromatic rings. The Kier molecular flexibility index (Phi) is 2.92. The van der Waals surface area contributed by atoms with Gasteiger partial charge in [0.2, 0.25) is 5.95 Å². The summed E-state index contributed by atoms with van der Waals surface area (Å²) >= 11 is 1.78. The van der Waals surface area contributed by atoms with Crippen molar-refractivity contribution in [3.05, 3.63) is 26.8 Å². The quantitative estimate of drug-likeness (QED) is 0.571. The van der Waals surface area contributed by atoms with E-state index in [1.54, 1.807) is 22.6 Å². The zero-order valence-corrected chi connectivity index (χ0v) is 8.27. The molecule has 0 fully saturated rings. The van der Waals surface area contributed by atoms with Crippen LogP contribution in [0.2, 0.25) is 0 Å². The Morgan fingerprint density at radius 2 is 2.08 bits per heavy atom. The monoisotopic (exact) mass is 287 g/mol. The van der Waals surface area contributed by atoms with Crippen LogP contribution in [0.1, 0.15) is 17.6 Å². The highest BCUT2D eigenvalue weighted by molar-refractivity contribution is 14.1. The van der Waals surface area contributed by atoms with Gasteiger partial charge in [-0.2, -0.15) is 4.39 Å². The van der Waals surface area contributed by atoms with Crippen molar-refractivity contribution >= 4 is 22.6 Å². The van der Waals surface area contributed by atoms with Gasteiger partial charge in [-0.1, -0.05) is 0 Å². The van der Waals surface area contributed by atoms with Crippen molar-refractivity contribution in [1.82, 2.24) is 4.98 Å². The largest absolute Gasteiger partial charge is 0.268 e. The summed E-state index contributed by atoms with van der Waals surface area (Å²) in [5.74, 6) is -1.07. The van der Waals surface area contributed by atoms with E-state index in [9.17, 15) is 13.2 Å². The molecule has 5 heteroatoms. The van der Waals surface area contributed by atoms with E-state index in [-0.39, 0.29) is 5.56 Å². The predicted molar refractivity (Wildman–Crippen MR) is 46.6 cm³/mol. The zero-order chi connectivity index (χ0) is 9.30. The van der Waals surface area contributed by atoms with Gasteiger partial charge < -0.3 is 0 Å². The number of aryl methyl sites for hydroxylation is 1. The van der Waals surface area contributed by atoms with E-state index in [4.69, 9.17) is 0 Å². The van der Waals surface area contributed by atoms with E-state index in [1.165, 1.54) is 13.0 Å². The van der Waals surface area contributed by atoms with Gasteiger partial charge in [-0.15, -0.1) is 0 Å². The number of hydrogen-bond donors (Lipinski definition) is 0. The summed E-state index contributed by atoms with van der Waals surface area (Å²) < 4.78 is 37.4. The summed E-state index contributed by atoms with van der Waals surface area (Å²) in [6.45, 7) is 1.44. The summed E-state index contributed by atoms with van der Waals surface area (Å²) in [4.78, 5) is 3.30. The van der Waals surface area contributed by atoms with Gasteiger partial charge in [-0.3, -0.25) is 0 Å². The van der Waals surface area contributed by atoms with Crippen molar-refractivity contribution in [3.63, 3.8) is 0 Å². The van der Waals surface area contributed by atoms with E-state index < -0.39 is 17.9 Å². The van der Waals surface area contributed by atoms with Crippen molar-refractivity contribution in [3.8, 4) is 0 Å². The first-order chi connectivity index (χ1) is 5.52. The molecule has 1 nitrogen and oxygen atoms in total. The zero-order valence-electron chi connectivity index (χ0n) is 6.11. The number of hydrogen-bond acceptors (Lipinski definition) is 1. The van der Waals surface area contributed by atoms with Crippen LogP contribution in [0.5, 0.6) is 0 Å². The molecule has 0 saturated heterocycles. The third-order valence-corrected chi connectivity index (χ3v) is 1.96. The van der Waals surface area contributed by atoms with Crippen LogP contribution in [0.15, 0.2) is 6.07 Å². The van der Waals surface area contributed by atoms with Crippen LogP contribution in [0.25, 0.3) is 0 Å². The Morgan fingerprint density at radius 3 is 2.50 bits per heavy atom. The molecule has 0 N–H and O–H groups in total. The molecule has 0 aromatic carbocycles. The molecule has 0 radical (unpaired) electrons. The molecule has 0 saturated carbocycles. The Morgan fingerprint density at radius 1 is 1.50 bits per heavy atom. The van der Waals surface area contributed by atoms with Gasteiger partial charge in [0.05, 0.1) is 5.56 Å². The van der Waals surface area contributed by atoms with Crippen molar-refractivity contribution in [2.24, 2.45) is 0 Å². The molecule has 0 atom stereocenters. The summed E-state index contributed by atoms with van der Waals surface area (Å²) in [6, 6.07) is 1.42. The van der Waals surface area contributed by atoms with Crippen LogP contribution in [0.3, 0.4) is 0 Å². The van der Waals surface area contributed by atoms with E-state index in [0.717, 1.165) is 0 Å². The summed E-state index contributed by atoms with van der Waals surface area (Å²) in [7, 11) is 0. The summed E-state index contributed by atoms with van der Waals surface area (Å²) in [5, 5.41) is 0. The fraction of sp³-hybridized carbons (Fsp3) is 0.286. The third-order valence-electron chi connectivity index (χ3n) is 1.41. The van der Waals surface area contributed by atoms with E-state index in [0.29, 0.717) is 3.70 Å². The van der Waals surface area contributed by atoms with E-state index in [2.05, 4.69) is 4.98 Å². The van der Waals surface area contributed by atoms with Crippen molar-refractivity contribution in [2.45, 2.75) is 13.3 Å². The topological polar surface area (TPSA) is 12.9 Å². The third kappa shape index (κ3) is 1.88. The molecule has 0 unspecified atom stereocenters. The molecule has 12 heavy (non-hydrogen) atoms. The second-order valence-electron chi connectivity index (χ2n) is 2.27. The molecule has 1 heterocycles. The molecule has 1 aromatic heterocycles. The van der Waals surface area contributed by atoms with Crippen LogP contribution in [0.4, 0.5) is 13.2 Å². The number of nitrogens with zero attached hydrogens (tertiary/aromatic N) is 1. The summed E-state index contributed by atoms with van der Waals surface area (Å²) in [6.07, 6.45) is -2.80. The Balaban J connectivity index is 3.28. The first-order valence-electron chi connectivity index (χ1n) is 3.13. The molecule has 66 valence electrons. The molecule has 0 bridgehead atoms. The normalized spacial score (nSPS) is 10.8. The second kappa shape index (κ2) is 3.59. The lowest BCUT2D eigenvalue weighted by Gasteiger charge is -2.04. The second-order valence-corrected chi connectivity index (χ2v) is 3.37. The van der Waals surface area contributed by atoms with E-state index >= 15 is 0 Å². The van der Waals surface area contributed by atoms with Gasteiger partial charge in [0, 0.05) is 0 Å². The smallest absolute Gasteiger partial charge is 0.213 e. The SMILES string of the molecule is Cc1cc(I)nc(F)c1C(F)F. The van der Waals surface area contributed by atoms with Crippen LogP contribution in [-0.4, -0.2) is 4.98 Å². The molecular formula is C7H5F3IN. The first kappa shape index (κ1) is 9.76. The standard InChI is InChI=1S/C7H5F3IN/c1-3-2-4(11)12-7(10)5(3)6(8)9/h2,6H,1H3. The van der Waals surface area contributed by atoms with Gasteiger partial charge >= 0.3 is 0 Å². The Labute approximate surface area is 81.1 Å². The lowest BCUT2D eigenvalue weighted by Crippen LogP contribution is -1.99. The average Bonchev–Trinajstić information content (AvgIpc) is 1.82. The van der Waals surface area contributed by atoms with Crippen LogP contribution in [0, 0.1) is 16.6 Å². The van der Waals surface area contributed by atoms with Gasteiger partial charge in [-0.25, -0.2) is 13.8 Å². The minimum atomic E-state index is -2.80. The molecular weight excluding hydrogens is 282 g/mol. The molecule has 1 rings (SSSR count). The number of pyridine rings is 1. The van der Waals surface area contributed by atoms with Crippen LogP contribution < -0.4 is 0 Å². The Bertz CT molecular complexity index is 278. The van der Waals surface area contributed by atoms with Crippen molar-refractivity contribution < 1.29 is 13.2 Å². The minimum absolute atomic E-state index is 0.238.